The Labute approximate surface area is 222 Å². The lowest BCUT2D eigenvalue weighted by atomic mass is 9.70. The van der Waals surface area contributed by atoms with E-state index >= 15 is 0 Å². The van der Waals surface area contributed by atoms with Crippen LogP contribution < -0.4 is 14.8 Å². The van der Waals surface area contributed by atoms with E-state index in [4.69, 9.17) is 14.2 Å². The molecule has 2 unspecified atom stereocenters. The molecule has 4 rings (SSSR count). The average molecular weight is 536 g/mol. The number of nitrogens with one attached hydrogen (secondary N) is 1. The first kappa shape index (κ1) is 27.4. The van der Waals surface area contributed by atoms with E-state index in [0.717, 1.165) is 20.8 Å². The van der Waals surface area contributed by atoms with E-state index in [-0.39, 0.29) is 57.7 Å². The minimum Gasteiger partial charge on any atom is -0.457 e. The van der Waals surface area contributed by atoms with Gasteiger partial charge in [0.1, 0.15) is 23.1 Å². The van der Waals surface area contributed by atoms with Crippen LogP contribution in [0.3, 0.4) is 0 Å². The van der Waals surface area contributed by atoms with Gasteiger partial charge in [0.15, 0.2) is 17.3 Å². The van der Waals surface area contributed by atoms with E-state index < -0.39 is 52.8 Å². The van der Waals surface area contributed by atoms with Gasteiger partial charge >= 0.3 is 17.9 Å². The number of carbonyl (C=O) groups is 7. The molecule has 39 heavy (non-hydrogen) atoms. The van der Waals surface area contributed by atoms with Gasteiger partial charge in [0.2, 0.25) is 5.91 Å². The second-order valence-corrected chi connectivity index (χ2v) is 9.49. The number of esters is 3. The van der Waals surface area contributed by atoms with Crippen LogP contribution in [0.5, 0.6) is 11.5 Å². The van der Waals surface area contributed by atoms with E-state index in [1.807, 2.05) is 0 Å². The third-order valence-corrected chi connectivity index (χ3v) is 6.64. The van der Waals surface area contributed by atoms with Crippen LogP contribution in [0.4, 0.5) is 0 Å². The third kappa shape index (κ3) is 4.71. The molecule has 0 saturated carbocycles. The van der Waals surface area contributed by atoms with Crippen molar-refractivity contribution < 1.29 is 47.8 Å². The van der Waals surface area contributed by atoms with Gasteiger partial charge in [-0.3, -0.25) is 33.6 Å². The number of ketones is 3. The summed E-state index contributed by atoms with van der Waals surface area (Å²) in [6.45, 7) is 5.71. The first-order valence-corrected chi connectivity index (χ1v) is 12.0. The number of hydrogen-bond donors (Lipinski definition) is 1. The van der Waals surface area contributed by atoms with Gasteiger partial charge in [0, 0.05) is 62.8 Å². The van der Waals surface area contributed by atoms with E-state index in [1.165, 1.54) is 26.0 Å². The molecule has 0 aliphatic heterocycles. The maximum absolute atomic E-state index is 13.8. The fourth-order valence-corrected chi connectivity index (χ4v) is 5.26. The van der Waals surface area contributed by atoms with Crippen molar-refractivity contribution in [1.82, 2.24) is 5.32 Å². The van der Waals surface area contributed by atoms with Gasteiger partial charge in [-0.05, 0) is 6.92 Å². The smallest absolute Gasteiger partial charge is 0.308 e. The molecule has 0 heterocycles. The van der Waals surface area contributed by atoms with Crippen molar-refractivity contribution in [2.24, 2.45) is 0 Å². The fourth-order valence-electron chi connectivity index (χ4n) is 5.26. The van der Waals surface area contributed by atoms with Gasteiger partial charge in [-0.15, -0.1) is 0 Å². The molecule has 1 amide bonds. The molecule has 1 N–H and O–H groups in total. The summed E-state index contributed by atoms with van der Waals surface area (Å²) in [5, 5.41) is 2.62. The quantitative estimate of drug-likeness (QED) is 0.379. The van der Waals surface area contributed by atoms with E-state index in [2.05, 4.69) is 5.32 Å². The van der Waals surface area contributed by atoms with E-state index in [1.54, 1.807) is 12.1 Å². The lowest BCUT2D eigenvalue weighted by molar-refractivity contribution is -0.150. The highest BCUT2D eigenvalue weighted by Crippen LogP contribution is 2.52. The summed E-state index contributed by atoms with van der Waals surface area (Å²) in [4.78, 5) is 89.5. The molecule has 0 aromatic heterocycles. The second-order valence-electron chi connectivity index (χ2n) is 9.49. The molecule has 11 nitrogen and oxygen atoms in total. The molecule has 0 fully saturated rings. The monoisotopic (exact) mass is 535 g/mol. The van der Waals surface area contributed by atoms with Gasteiger partial charge in [-0.1, -0.05) is 24.3 Å². The summed E-state index contributed by atoms with van der Waals surface area (Å²) in [5.74, 6) is -5.59. The fraction of sp³-hybridized carbons (Fsp3) is 0.321. The minimum atomic E-state index is -1.64. The summed E-state index contributed by atoms with van der Waals surface area (Å²) in [7, 11) is 0. The zero-order valence-corrected chi connectivity index (χ0v) is 21.9. The molecule has 11 heteroatoms. The molecule has 0 saturated heterocycles. The first-order chi connectivity index (χ1) is 18.3. The SMILES string of the molecule is CC(=O)NC1(C(C)=O)Cc2c(OC(C)=O)c3c(c(OC(C)=O)c2C(OC(C)=O)C1)C(=O)c1ccccc1C3=O. The Morgan fingerprint density at radius 3 is 1.77 bits per heavy atom. The Morgan fingerprint density at radius 1 is 0.795 bits per heavy atom. The lowest BCUT2D eigenvalue weighted by Gasteiger charge is -2.42. The van der Waals surface area contributed by atoms with Crippen LogP contribution in [-0.2, 0) is 35.1 Å². The molecule has 2 aromatic carbocycles. The Morgan fingerprint density at radius 2 is 1.31 bits per heavy atom. The highest BCUT2D eigenvalue weighted by molar-refractivity contribution is 6.31. The number of hydrogen-bond acceptors (Lipinski definition) is 10. The van der Waals surface area contributed by atoms with Crippen molar-refractivity contribution in [3.63, 3.8) is 0 Å². The van der Waals surface area contributed by atoms with Crippen molar-refractivity contribution in [3.8, 4) is 11.5 Å². The topological polar surface area (TPSA) is 159 Å². The predicted molar refractivity (Wildman–Crippen MR) is 132 cm³/mol. The van der Waals surface area contributed by atoms with Crippen molar-refractivity contribution in [2.45, 2.75) is 59.1 Å². The highest BCUT2D eigenvalue weighted by Gasteiger charge is 2.50. The number of rotatable bonds is 5. The third-order valence-electron chi connectivity index (χ3n) is 6.64. The average Bonchev–Trinajstić information content (AvgIpc) is 2.82. The molecule has 0 radical (unpaired) electrons. The maximum atomic E-state index is 13.8. The Kier molecular flexibility index (Phi) is 6.94. The maximum Gasteiger partial charge on any atom is 0.308 e. The van der Waals surface area contributed by atoms with E-state index in [9.17, 15) is 33.6 Å². The van der Waals surface area contributed by atoms with Crippen LogP contribution in [0.15, 0.2) is 24.3 Å². The first-order valence-electron chi connectivity index (χ1n) is 12.0. The van der Waals surface area contributed by atoms with Crippen LogP contribution in [0.2, 0.25) is 0 Å². The molecular weight excluding hydrogens is 510 g/mol. The number of Topliss-reactive ketones (excluding diaryl/α,β-unsaturated/α-hetero) is 1. The zero-order chi connectivity index (χ0) is 28.8. The number of amides is 1. The number of carbonyl (C=O) groups excluding carboxylic acids is 7. The van der Waals surface area contributed by atoms with Crippen molar-refractivity contribution in [2.75, 3.05) is 0 Å². The molecule has 2 aliphatic rings. The minimum absolute atomic E-state index is 0.00202. The molecule has 2 atom stereocenters. The Bertz CT molecular complexity index is 1500. The summed E-state index contributed by atoms with van der Waals surface area (Å²) in [5.41, 5.74) is -2.27. The normalized spacial score (nSPS) is 19.2. The summed E-state index contributed by atoms with van der Waals surface area (Å²) in [6, 6.07) is 5.98. The molecule has 202 valence electrons. The molecular formula is C28H25NO10. The number of fused-ring (bicyclic) bond motifs is 3. The van der Waals surface area contributed by atoms with Crippen molar-refractivity contribution in [1.29, 1.82) is 0 Å². The van der Waals surface area contributed by atoms with Crippen LogP contribution in [0.1, 0.15) is 90.1 Å². The van der Waals surface area contributed by atoms with Gasteiger partial charge in [0.25, 0.3) is 0 Å². The lowest BCUT2D eigenvalue weighted by Crippen LogP contribution is -2.57. The van der Waals surface area contributed by atoms with E-state index in [0.29, 0.717) is 0 Å². The van der Waals surface area contributed by atoms with Gasteiger partial charge in [0.05, 0.1) is 11.1 Å². The van der Waals surface area contributed by atoms with Crippen LogP contribution in [-0.4, -0.2) is 46.7 Å². The van der Waals surface area contributed by atoms with Crippen molar-refractivity contribution >= 4 is 41.2 Å². The zero-order valence-electron chi connectivity index (χ0n) is 21.9. The molecule has 2 aliphatic carbocycles. The highest BCUT2D eigenvalue weighted by atomic mass is 16.6. The largest absolute Gasteiger partial charge is 0.457 e. The van der Waals surface area contributed by atoms with Crippen molar-refractivity contribution in [3.05, 3.63) is 57.6 Å². The number of benzene rings is 2. The van der Waals surface area contributed by atoms with Gasteiger partial charge in [-0.2, -0.15) is 0 Å². The number of ether oxygens (including phenoxy) is 3. The van der Waals surface area contributed by atoms with Crippen LogP contribution >= 0.6 is 0 Å². The predicted octanol–water partition coefficient (Wildman–Crippen LogP) is 2.33. The summed E-state index contributed by atoms with van der Waals surface area (Å²) < 4.78 is 16.6. The molecule has 0 bridgehead atoms. The van der Waals surface area contributed by atoms with Crippen LogP contribution in [0, 0.1) is 0 Å². The Balaban J connectivity index is 2.19. The second kappa shape index (κ2) is 9.90. The molecule has 0 spiro atoms. The summed E-state index contributed by atoms with van der Waals surface area (Å²) >= 11 is 0. The Hall–Kier alpha value is -4.67. The van der Waals surface area contributed by atoms with Crippen LogP contribution in [0.25, 0.3) is 0 Å². The molecule has 2 aromatic rings. The standard InChI is InChI=1S/C28H25NO10/c1-12(30)28(29-13(2)31)10-19-21(20(11-28)37-14(3)32)27(39-16(5)34)23-22(26(19)38-15(4)33)24(35)17-8-6-7-9-18(17)25(23)36/h6-9,20H,10-11H2,1-5H3,(H,29,31). The van der Waals surface area contributed by atoms with Gasteiger partial charge < -0.3 is 19.5 Å². The van der Waals surface area contributed by atoms with Gasteiger partial charge in [-0.25, -0.2) is 0 Å². The summed E-state index contributed by atoms with van der Waals surface area (Å²) in [6.07, 6.45) is -1.93.